The summed E-state index contributed by atoms with van der Waals surface area (Å²) >= 11 is 0. The number of ether oxygens (including phenoxy) is 2. The first kappa shape index (κ1) is 26.9. The second-order valence-electron chi connectivity index (χ2n) is 7.88. The summed E-state index contributed by atoms with van der Waals surface area (Å²) in [6.07, 6.45) is 2.23. The Kier molecular flexibility index (Phi) is 9.20. The predicted molar refractivity (Wildman–Crippen MR) is 140 cm³/mol. The van der Waals surface area contributed by atoms with Crippen molar-refractivity contribution < 1.29 is 23.6 Å². The van der Waals surface area contributed by atoms with E-state index < -0.39 is 15.8 Å². The Bertz CT molecular complexity index is 1290. The van der Waals surface area contributed by atoms with E-state index in [2.05, 4.69) is 25.0 Å². The number of hydrogen-bond acceptors (Lipinski definition) is 9. The molecule has 0 spiro atoms. The van der Waals surface area contributed by atoms with Crippen LogP contribution in [-0.4, -0.2) is 57.5 Å². The fraction of sp³-hybridized carbons (Fsp3) is 0.320. The van der Waals surface area contributed by atoms with Crippen LogP contribution in [0.25, 0.3) is 11.1 Å². The standard InChI is InChI=1S/C25H31N5O5S/c1-5-34-20-11-7-18(8-12-20)22-15-26-24(29-23(22)27-17(3)16-31)28-19-9-13-21(14-10-19)36(4,33)30-25(32)35-6-2/h7-15,17,31H,5-6,16H2,1-4H3,(H2,26,27,28,29)/t17-,36+/m1/s1. The zero-order valence-corrected chi connectivity index (χ0v) is 21.5. The van der Waals surface area contributed by atoms with Gasteiger partial charge in [0.15, 0.2) is 0 Å². The van der Waals surface area contributed by atoms with Gasteiger partial charge in [0.25, 0.3) is 0 Å². The molecule has 0 bridgehead atoms. The highest BCUT2D eigenvalue weighted by Gasteiger charge is 2.14. The summed E-state index contributed by atoms with van der Waals surface area (Å²) in [6, 6.07) is 14.0. The maximum atomic E-state index is 12.8. The topological polar surface area (TPSA) is 135 Å². The van der Waals surface area contributed by atoms with Gasteiger partial charge in [0.1, 0.15) is 11.6 Å². The van der Waals surface area contributed by atoms with Gasteiger partial charge < -0.3 is 25.2 Å². The Labute approximate surface area is 211 Å². The first-order valence-corrected chi connectivity index (χ1v) is 13.4. The molecule has 36 heavy (non-hydrogen) atoms. The van der Waals surface area contributed by atoms with Crippen LogP contribution in [0, 0.1) is 0 Å². The number of carbonyl (C=O) groups excluding carboxylic acids is 1. The van der Waals surface area contributed by atoms with Crippen LogP contribution < -0.4 is 15.4 Å². The van der Waals surface area contributed by atoms with Crippen LogP contribution in [0.4, 0.5) is 22.2 Å². The molecule has 1 heterocycles. The minimum absolute atomic E-state index is 0.0654. The monoisotopic (exact) mass is 513 g/mol. The number of nitrogens with one attached hydrogen (secondary N) is 2. The van der Waals surface area contributed by atoms with Crippen molar-refractivity contribution >= 4 is 33.3 Å². The van der Waals surface area contributed by atoms with Crippen LogP contribution in [0.5, 0.6) is 5.75 Å². The lowest BCUT2D eigenvalue weighted by atomic mass is 10.1. The van der Waals surface area contributed by atoms with Crippen molar-refractivity contribution in [1.82, 2.24) is 9.97 Å². The first-order valence-electron chi connectivity index (χ1n) is 11.5. The lowest BCUT2D eigenvalue weighted by Crippen LogP contribution is -2.21. The number of nitrogens with zero attached hydrogens (tertiary/aromatic N) is 3. The van der Waals surface area contributed by atoms with Crippen LogP contribution in [0.2, 0.25) is 0 Å². The van der Waals surface area contributed by atoms with Crippen LogP contribution >= 0.6 is 0 Å². The summed E-state index contributed by atoms with van der Waals surface area (Å²) in [7, 11) is -2.94. The largest absolute Gasteiger partial charge is 0.494 e. The van der Waals surface area contributed by atoms with Gasteiger partial charge in [-0.2, -0.15) is 4.98 Å². The SMILES string of the molecule is CCOC(=O)N=[S@@](C)(=O)c1ccc(Nc2ncc(-c3ccc(OCC)cc3)c(N[C@H](C)CO)n2)cc1. The molecule has 0 saturated heterocycles. The van der Waals surface area contributed by atoms with Gasteiger partial charge in [0.05, 0.1) is 29.5 Å². The van der Waals surface area contributed by atoms with E-state index in [0.29, 0.717) is 29.0 Å². The number of rotatable bonds is 10. The van der Waals surface area contributed by atoms with E-state index in [1.807, 2.05) is 38.1 Å². The smallest absolute Gasteiger partial charge is 0.442 e. The number of aromatic nitrogens is 2. The molecule has 1 amide bonds. The molecule has 0 radical (unpaired) electrons. The average Bonchev–Trinajstić information content (AvgIpc) is 2.85. The third kappa shape index (κ3) is 7.15. The van der Waals surface area contributed by atoms with E-state index in [-0.39, 0.29) is 19.3 Å². The summed E-state index contributed by atoms with van der Waals surface area (Å²) in [6.45, 7) is 6.11. The molecular formula is C25H31N5O5S. The summed E-state index contributed by atoms with van der Waals surface area (Å²) in [5, 5.41) is 15.9. The lowest BCUT2D eigenvalue weighted by molar-refractivity contribution is 0.164. The molecule has 0 unspecified atom stereocenters. The Hall–Kier alpha value is -3.70. The van der Waals surface area contributed by atoms with E-state index in [1.54, 1.807) is 37.4 Å². The molecule has 3 rings (SSSR count). The third-order valence-electron chi connectivity index (χ3n) is 4.99. The second kappa shape index (κ2) is 12.3. The van der Waals surface area contributed by atoms with Gasteiger partial charge >= 0.3 is 6.09 Å². The summed E-state index contributed by atoms with van der Waals surface area (Å²) in [5.41, 5.74) is 2.32. The highest BCUT2D eigenvalue weighted by Crippen LogP contribution is 2.29. The van der Waals surface area contributed by atoms with E-state index >= 15 is 0 Å². The summed E-state index contributed by atoms with van der Waals surface area (Å²) < 4.78 is 26.7. The molecule has 192 valence electrons. The van der Waals surface area contributed by atoms with E-state index in [4.69, 9.17) is 9.47 Å². The quantitative estimate of drug-likeness (QED) is 0.353. The Balaban J connectivity index is 1.85. The number of anilines is 3. The number of aliphatic hydroxyl groups is 1. The van der Waals surface area contributed by atoms with Crippen LogP contribution in [0.1, 0.15) is 20.8 Å². The highest BCUT2D eigenvalue weighted by molar-refractivity contribution is 7.93. The maximum Gasteiger partial charge on any atom is 0.442 e. The van der Waals surface area contributed by atoms with Gasteiger partial charge in [0, 0.05) is 34.6 Å². The summed E-state index contributed by atoms with van der Waals surface area (Å²) in [4.78, 5) is 21.1. The molecule has 0 fully saturated rings. The Morgan fingerprint density at radius 1 is 1.11 bits per heavy atom. The minimum atomic E-state index is -2.94. The van der Waals surface area contributed by atoms with E-state index in [1.165, 1.54) is 6.26 Å². The molecule has 11 heteroatoms. The van der Waals surface area contributed by atoms with Crippen LogP contribution in [-0.2, 0) is 14.5 Å². The molecule has 0 aliphatic carbocycles. The van der Waals surface area contributed by atoms with Gasteiger partial charge in [-0.25, -0.2) is 14.0 Å². The van der Waals surface area contributed by atoms with Crippen molar-refractivity contribution in [3.63, 3.8) is 0 Å². The molecule has 3 aromatic rings. The highest BCUT2D eigenvalue weighted by atomic mass is 32.2. The van der Waals surface area contributed by atoms with E-state index in [9.17, 15) is 14.1 Å². The average molecular weight is 514 g/mol. The van der Waals surface area contributed by atoms with Crippen molar-refractivity contribution in [3.8, 4) is 16.9 Å². The number of hydrogen-bond donors (Lipinski definition) is 3. The van der Waals surface area contributed by atoms with Crippen molar-refractivity contribution in [2.75, 3.05) is 36.7 Å². The third-order valence-corrected chi connectivity index (χ3v) is 6.63. The summed E-state index contributed by atoms with van der Waals surface area (Å²) in [5.74, 6) is 1.66. The van der Waals surface area contributed by atoms with Crippen molar-refractivity contribution in [2.45, 2.75) is 31.7 Å². The Morgan fingerprint density at radius 3 is 2.42 bits per heavy atom. The number of benzene rings is 2. The second-order valence-corrected chi connectivity index (χ2v) is 10.1. The lowest BCUT2D eigenvalue weighted by Gasteiger charge is -2.17. The van der Waals surface area contributed by atoms with Crippen LogP contribution in [0.15, 0.2) is 64.0 Å². The zero-order chi connectivity index (χ0) is 26.1. The normalized spacial score (nSPS) is 13.2. The molecule has 0 saturated carbocycles. The number of aliphatic hydroxyl groups excluding tert-OH is 1. The maximum absolute atomic E-state index is 12.8. The molecule has 0 aliphatic heterocycles. The van der Waals surface area contributed by atoms with Gasteiger partial charge in [-0.05, 0) is 62.7 Å². The molecule has 3 N–H and O–H groups in total. The first-order chi connectivity index (χ1) is 17.2. The van der Waals surface area contributed by atoms with E-state index in [0.717, 1.165) is 16.9 Å². The van der Waals surface area contributed by atoms with Crippen molar-refractivity contribution in [3.05, 3.63) is 54.7 Å². The van der Waals surface area contributed by atoms with Gasteiger partial charge in [-0.3, -0.25) is 0 Å². The van der Waals surface area contributed by atoms with Crippen molar-refractivity contribution in [2.24, 2.45) is 4.36 Å². The minimum Gasteiger partial charge on any atom is -0.494 e. The van der Waals surface area contributed by atoms with Gasteiger partial charge in [0.2, 0.25) is 5.95 Å². The molecule has 2 aromatic carbocycles. The van der Waals surface area contributed by atoms with Crippen LogP contribution in [0.3, 0.4) is 0 Å². The number of carbonyl (C=O) groups is 1. The fourth-order valence-corrected chi connectivity index (χ4v) is 4.29. The fourth-order valence-electron chi connectivity index (χ4n) is 3.20. The van der Waals surface area contributed by atoms with Crippen molar-refractivity contribution in [1.29, 1.82) is 0 Å². The number of amides is 1. The van der Waals surface area contributed by atoms with Gasteiger partial charge in [-0.15, -0.1) is 4.36 Å². The molecule has 2 atom stereocenters. The molecule has 10 nitrogen and oxygen atoms in total. The predicted octanol–water partition coefficient (Wildman–Crippen LogP) is 4.69. The molecule has 0 aliphatic rings. The zero-order valence-electron chi connectivity index (χ0n) is 20.7. The molecular weight excluding hydrogens is 482 g/mol. The molecule has 1 aromatic heterocycles. The van der Waals surface area contributed by atoms with Gasteiger partial charge in [-0.1, -0.05) is 12.1 Å². The Morgan fingerprint density at radius 2 is 1.81 bits per heavy atom.